The number of carbonyl (C=O) groups is 1. The summed E-state index contributed by atoms with van der Waals surface area (Å²) in [5, 5.41) is 2.74. The lowest BCUT2D eigenvalue weighted by molar-refractivity contribution is 0.0951. The van der Waals surface area contributed by atoms with Crippen molar-refractivity contribution in [3.05, 3.63) is 29.8 Å². The number of benzene rings is 1. The standard InChI is InChI=1S/C13H15NO2/c1-3-5-10-14-13(15)11-8-6-7-9-12(11)16-4-2/h1,6-9H,4-5,10H2,2H3,(H,14,15). The molecule has 0 fully saturated rings. The summed E-state index contributed by atoms with van der Waals surface area (Å²) >= 11 is 0. The van der Waals surface area contributed by atoms with E-state index in [1.165, 1.54) is 0 Å². The molecule has 0 bridgehead atoms. The molecule has 0 atom stereocenters. The molecule has 0 radical (unpaired) electrons. The van der Waals surface area contributed by atoms with Crippen molar-refractivity contribution in [2.45, 2.75) is 13.3 Å². The number of nitrogens with one attached hydrogen (secondary N) is 1. The zero-order valence-electron chi connectivity index (χ0n) is 9.32. The first-order valence-electron chi connectivity index (χ1n) is 5.23. The number of terminal acetylenes is 1. The number of rotatable bonds is 5. The predicted molar refractivity (Wildman–Crippen MR) is 63.4 cm³/mol. The first-order valence-corrected chi connectivity index (χ1v) is 5.23. The molecule has 0 aliphatic carbocycles. The molecule has 0 unspecified atom stereocenters. The molecule has 1 rings (SSSR count). The second-order valence-corrected chi connectivity index (χ2v) is 3.14. The Morgan fingerprint density at radius 1 is 1.50 bits per heavy atom. The fourth-order valence-corrected chi connectivity index (χ4v) is 1.28. The van der Waals surface area contributed by atoms with E-state index in [4.69, 9.17) is 11.2 Å². The van der Waals surface area contributed by atoms with E-state index in [1.807, 2.05) is 13.0 Å². The molecule has 1 aromatic carbocycles. The van der Waals surface area contributed by atoms with Crippen LogP contribution in [0.15, 0.2) is 24.3 Å². The van der Waals surface area contributed by atoms with E-state index < -0.39 is 0 Å². The van der Waals surface area contributed by atoms with Gasteiger partial charge in [-0.15, -0.1) is 12.3 Å². The number of carbonyl (C=O) groups excluding carboxylic acids is 1. The molecule has 1 aromatic rings. The van der Waals surface area contributed by atoms with Gasteiger partial charge < -0.3 is 10.1 Å². The van der Waals surface area contributed by atoms with Gasteiger partial charge in [-0.25, -0.2) is 0 Å². The van der Waals surface area contributed by atoms with E-state index in [0.29, 0.717) is 30.9 Å². The van der Waals surface area contributed by atoms with E-state index in [9.17, 15) is 4.79 Å². The lowest BCUT2D eigenvalue weighted by Gasteiger charge is -2.09. The van der Waals surface area contributed by atoms with Gasteiger partial charge >= 0.3 is 0 Å². The zero-order valence-corrected chi connectivity index (χ0v) is 9.32. The Morgan fingerprint density at radius 3 is 2.94 bits per heavy atom. The van der Waals surface area contributed by atoms with Gasteiger partial charge in [-0.1, -0.05) is 12.1 Å². The van der Waals surface area contributed by atoms with E-state index in [-0.39, 0.29) is 5.91 Å². The Kier molecular flexibility index (Phi) is 4.94. The van der Waals surface area contributed by atoms with Gasteiger partial charge in [0.15, 0.2) is 0 Å². The van der Waals surface area contributed by atoms with Crippen molar-refractivity contribution >= 4 is 5.91 Å². The van der Waals surface area contributed by atoms with Crippen molar-refractivity contribution in [3.8, 4) is 18.1 Å². The molecule has 0 aliphatic heterocycles. The van der Waals surface area contributed by atoms with Crippen molar-refractivity contribution in [2.75, 3.05) is 13.2 Å². The first-order chi connectivity index (χ1) is 7.79. The van der Waals surface area contributed by atoms with Crippen LogP contribution in [-0.2, 0) is 0 Å². The van der Waals surface area contributed by atoms with Gasteiger partial charge in [-0.3, -0.25) is 4.79 Å². The normalized spacial score (nSPS) is 9.25. The molecule has 0 heterocycles. The monoisotopic (exact) mass is 217 g/mol. The van der Waals surface area contributed by atoms with E-state index in [2.05, 4.69) is 11.2 Å². The highest BCUT2D eigenvalue weighted by Crippen LogP contribution is 2.17. The van der Waals surface area contributed by atoms with Crippen LogP contribution in [0, 0.1) is 12.3 Å². The average Bonchev–Trinajstić information content (AvgIpc) is 2.30. The summed E-state index contributed by atoms with van der Waals surface area (Å²) < 4.78 is 5.36. The van der Waals surface area contributed by atoms with Crippen LogP contribution in [0.3, 0.4) is 0 Å². The molecule has 0 spiro atoms. The van der Waals surface area contributed by atoms with Crippen molar-refractivity contribution in [1.82, 2.24) is 5.32 Å². The van der Waals surface area contributed by atoms with Gasteiger partial charge in [0.2, 0.25) is 0 Å². The highest BCUT2D eigenvalue weighted by atomic mass is 16.5. The van der Waals surface area contributed by atoms with Crippen LogP contribution < -0.4 is 10.1 Å². The third kappa shape index (κ3) is 3.32. The van der Waals surface area contributed by atoms with Gasteiger partial charge in [0.05, 0.1) is 12.2 Å². The number of ether oxygens (including phenoxy) is 1. The summed E-state index contributed by atoms with van der Waals surface area (Å²) in [4.78, 5) is 11.8. The number of hydrogen-bond donors (Lipinski definition) is 1. The smallest absolute Gasteiger partial charge is 0.255 e. The summed E-state index contributed by atoms with van der Waals surface area (Å²) in [5.41, 5.74) is 0.543. The molecule has 3 nitrogen and oxygen atoms in total. The number of hydrogen-bond acceptors (Lipinski definition) is 2. The molecular formula is C13H15NO2. The van der Waals surface area contributed by atoms with Crippen molar-refractivity contribution in [3.63, 3.8) is 0 Å². The molecule has 3 heteroatoms. The largest absolute Gasteiger partial charge is 0.493 e. The van der Waals surface area contributed by atoms with Crippen LogP contribution in [0.4, 0.5) is 0 Å². The summed E-state index contributed by atoms with van der Waals surface area (Å²) in [6, 6.07) is 7.15. The summed E-state index contributed by atoms with van der Waals surface area (Å²) in [6.07, 6.45) is 5.64. The minimum Gasteiger partial charge on any atom is -0.493 e. The summed E-state index contributed by atoms with van der Waals surface area (Å²) in [6.45, 7) is 2.90. The molecule has 0 saturated heterocycles. The molecule has 0 aliphatic rings. The Labute approximate surface area is 95.8 Å². The number of amides is 1. The van der Waals surface area contributed by atoms with Crippen LogP contribution in [0.25, 0.3) is 0 Å². The summed E-state index contributed by atoms with van der Waals surface area (Å²) in [7, 11) is 0. The maximum Gasteiger partial charge on any atom is 0.255 e. The molecule has 0 aromatic heterocycles. The molecule has 1 N–H and O–H groups in total. The second-order valence-electron chi connectivity index (χ2n) is 3.14. The topological polar surface area (TPSA) is 38.3 Å². The lowest BCUT2D eigenvalue weighted by Crippen LogP contribution is -2.24. The van der Waals surface area contributed by atoms with Gasteiger partial charge in [0.1, 0.15) is 5.75 Å². The zero-order chi connectivity index (χ0) is 11.8. The van der Waals surface area contributed by atoms with Gasteiger partial charge in [-0.2, -0.15) is 0 Å². The van der Waals surface area contributed by atoms with Gasteiger partial charge in [0, 0.05) is 13.0 Å². The Bertz CT molecular complexity index is 393. The molecule has 0 saturated carbocycles. The molecular weight excluding hydrogens is 202 g/mol. The van der Waals surface area contributed by atoms with Crippen LogP contribution >= 0.6 is 0 Å². The molecule has 84 valence electrons. The van der Waals surface area contributed by atoms with E-state index in [0.717, 1.165) is 0 Å². The quantitative estimate of drug-likeness (QED) is 0.603. The van der Waals surface area contributed by atoms with Crippen molar-refractivity contribution in [1.29, 1.82) is 0 Å². The lowest BCUT2D eigenvalue weighted by atomic mass is 10.2. The maximum atomic E-state index is 11.8. The third-order valence-corrected chi connectivity index (χ3v) is 1.99. The van der Waals surface area contributed by atoms with E-state index >= 15 is 0 Å². The van der Waals surface area contributed by atoms with Crippen LogP contribution in [0.1, 0.15) is 23.7 Å². The minimum atomic E-state index is -0.153. The maximum absolute atomic E-state index is 11.8. The highest BCUT2D eigenvalue weighted by Gasteiger charge is 2.10. The third-order valence-electron chi connectivity index (χ3n) is 1.99. The second kappa shape index (κ2) is 6.52. The fraction of sp³-hybridized carbons (Fsp3) is 0.308. The predicted octanol–water partition coefficient (Wildman–Crippen LogP) is 1.84. The Morgan fingerprint density at radius 2 is 2.25 bits per heavy atom. The molecule has 16 heavy (non-hydrogen) atoms. The van der Waals surface area contributed by atoms with Crippen LogP contribution in [-0.4, -0.2) is 19.1 Å². The average molecular weight is 217 g/mol. The van der Waals surface area contributed by atoms with Gasteiger partial charge in [0.25, 0.3) is 5.91 Å². The first kappa shape index (κ1) is 12.1. The van der Waals surface area contributed by atoms with Crippen molar-refractivity contribution < 1.29 is 9.53 Å². The van der Waals surface area contributed by atoms with E-state index in [1.54, 1.807) is 18.2 Å². The Balaban J connectivity index is 2.70. The summed E-state index contributed by atoms with van der Waals surface area (Å²) in [5.74, 6) is 2.92. The Hall–Kier alpha value is -1.95. The van der Waals surface area contributed by atoms with Crippen LogP contribution in [0.2, 0.25) is 0 Å². The van der Waals surface area contributed by atoms with Crippen LogP contribution in [0.5, 0.6) is 5.75 Å². The highest BCUT2D eigenvalue weighted by molar-refractivity contribution is 5.96. The van der Waals surface area contributed by atoms with Gasteiger partial charge in [-0.05, 0) is 19.1 Å². The minimum absolute atomic E-state index is 0.153. The van der Waals surface area contributed by atoms with Crippen molar-refractivity contribution in [2.24, 2.45) is 0 Å². The SMILES string of the molecule is C#CCCNC(=O)c1ccccc1OCC. The fourth-order valence-electron chi connectivity index (χ4n) is 1.28. The molecule has 1 amide bonds. The number of para-hydroxylation sites is 1.